The predicted molar refractivity (Wildman–Crippen MR) is 106 cm³/mol. The summed E-state index contributed by atoms with van der Waals surface area (Å²) in [5.74, 6) is 3.17. The molecule has 0 atom stereocenters. The van der Waals surface area contributed by atoms with Crippen molar-refractivity contribution in [2.45, 2.75) is 33.2 Å². The zero-order chi connectivity index (χ0) is 18.4. The van der Waals surface area contributed by atoms with E-state index in [1.54, 1.807) is 0 Å². The first-order chi connectivity index (χ1) is 12.6. The maximum Gasteiger partial charge on any atom is 0.213 e. The zero-order valence-electron chi connectivity index (χ0n) is 16.4. The van der Waals surface area contributed by atoms with E-state index in [-0.39, 0.29) is 0 Å². The van der Waals surface area contributed by atoms with E-state index in [1.165, 1.54) is 24.9 Å². The van der Waals surface area contributed by atoms with Crippen LogP contribution in [0.4, 0.5) is 0 Å². The van der Waals surface area contributed by atoms with Gasteiger partial charge in [0, 0.05) is 58.6 Å². The summed E-state index contributed by atoms with van der Waals surface area (Å²) in [4.78, 5) is 13.7. The Balaban J connectivity index is 1.46. The van der Waals surface area contributed by atoms with Crippen molar-refractivity contribution < 1.29 is 4.74 Å². The van der Waals surface area contributed by atoms with Crippen LogP contribution >= 0.6 is 0 Å². The second kappa shape index (κ2) is 9.21. The number of guanidine groups is 1. The van der Waals surface area contributed by atoms with Crippen molar-refractivity contribution >= 4 is 5.96 Å². The van der Waals surface area contributed by atoms with E-state index < -0.39 is 0 Å². The number of nitrogens with one attached hydrogen (secondary N) is 1. The van der Waals surface area contributed by atoms with Gasteiger partial charge in [0.05, 0.1) is 6.61 Å². The second-order valence-electron chi connectivity index (χ2n) is 7.84. The van der Waals surface area contributed by atoms with Crippen molar-refractivity contribution in [3.63, 3.8) is 0 Å². The number of hydrogen-bond donors (Lipinski definition) is 1. The lowest BCUT2D eigenvalue weighted by Gasteiger charge is -2.37. The van der Waals surface area contributed by atoms with Gasteiger partial charge in [-0.2, -0.15) is 0 Å². The molecule has 26 heavy (non-hydrogen) atoms. The van der Waals surface area contributed by atoms with Crippen molar-refractivity contribution in [3.05, 3.63) is 23.9 Å². The molecule has 3 rings (SSSR count). The van der Waals surface area contributed by atoms with Crippen LogP contribution in [0, 0.1) is 11.8 Å². The summed E-state index contributed by atoms with van der Waals surface area (Å²) in [6.07, 6.45) is 4.41. The van der Waals surface area contributed by atoms with Crippen molar-refractivity contribution in [3.8, 4) is 5.88 Å². The Bertz CT molecular complexity index is 592. The molecule has 0 spiro atoms. The Labute approximate surface area is 157 Å². The van der Waals surface area contributed by atoms with Gasteiger partial charge in [0.25, 0.3) is 0 Å². The van der Waals surface area contributed by atoms with Crippen LogP contribution in [0.2, 0.25) is 0 Å². The Morgan fingerprint density at radius 2 is 2.08 bits per heavy atom. The van der Waals surface area contributed by atoms with Crippen LogP contribution in [0.5, 0.6) is 5.88 Å². The molecule has 2 fully saturated rings. The number of nitrogens with zero attached hydrogens (tertiary/aromatic N) is 4. The summed E-state index contributed by atoms with van der Waals surface area (Å²) in [5, 5.41) is 3.49. The zero-order valence-corrected chi connectivity index (χ0v) is 16.4. The van der Waals surface area contributed by atoms with Gasteiger partial charge >= 0.3 is 0 Å². The maximum absolute atomic E-state index is 5.78. The lowest BCUT2D eigenvalue weighted by Crippen LogP contribution is -2.52. The number of pyridine rings is 1. The molecule has 1 saturated heterocycles. The Morgan fingerprint density at radius 3 is 2.73 bits per heavy atom. The highest BCUT2D eigenvalue weighted by Crippen LogP contribution is 2.29. The van der Waals surface area contributed by atoms with Crippen molar-refractivity contribution in [2.24, 2.45) is 16.8 Å². The fourth-order valence-electron chi connectivity index (χ4n) is 3.30. The van der Waals surface area contributed by atoms with Gasteiger partial charge in [-0.1, -0.05) is 13.8 Å². The molecule has 1 aromatic heterocycles. The molecule has 144 valence electrons. The normalized spacial score (nSPS) is 19.1. The highest BCUT2D eigenvalue weighted by atomic mass is 16.5. The Kier molecular flexibility index (Phi) is 6.72. The first kappa shape index (κ1) is 19.0. The summed E-state index contributed by atoms with van der Waals surface area (Å²) in [6.45, 7) is 11.5. The number of rotatable bonds is 7. The standard InChI is InChI=1S/C20H33N5O/c1-16(2)14-24-8-10-25(11-9-24)20(21-3)23-13-18-6-7-22-19(12-18)26-15-17-4-5-17/h6-7,12,16-17H,4-5,8-11,13-15H2,1-3H3,(H,21,23). The number of piperazine rings is 1. The van der Waals surface area contributed by atoms with Gasteiger partial charge in [-0.3, -0.25) is 9.89 Å². The average Bonchev–Trinajstić information content (AvgIpc) is 3.46. The van der Waals surface area contributed by atoms with Crippen LogP contribution in [-0.2, 0) is 6.54 Å². The molecule has 6 heteroatoms. The molecule has 2 heterocycles. The van der Waals surface area contributed by atoms with Crippen LogP contribution in [-0.4, -0.2) is 67.1 Å². The van der Waals surface area contributed by atoms with Gasteiger partial charge in [-0.15, -0.1) is 0 Å². The summed E-state index contributed by atoms with van der Waals surface area (Å²) >= 11 is 0. The summed E-state index contributed by atoms with van der Waals surface area (Å²) < 4.78 is 5.78. The summed E-state index contributed by atoms with van der Waals surface area (Å²) in [7, 11) is 1.86. The lowest BCUT2D eigenvalue weighted by molar-refractivity contribution is 0.164. The molecule has 1 N–H and O–H groups in total. The molecule has 1 saturated carbocycles. The summed E-state index contributed by atoms with van der Waals surface area (Å²) in [5.41, 5.74) is 1.17. The van der Waals surface area contributed by atoms with Crippen molar-refractivity contribution in [2.75, 3.05) is 46.4 Å². The van der Waals surface area contributed by atoms with Gasteiger partial charge in [-0.05, 0) is 36.3 Å². The Hall–Kier alpha value is -1.82. The molecular weight excluding hydrogens is 326 g/mol. The van der Waals surface area contributed by atoms with Crippen LogP contribution in [0.1, 0.15) is 32.3 Å². The molecular formula is C20H33N5O. The highest BCUT2D eigenvalue weighted by Gasteiger charge is 2.22. The minimum Gasteiger partial charge on any atom is -0.477 e. The van der Waals surface area contributed by atoms with Crippen LogP contribution in [0.15, 0.2) is 23.3 Å². The summed E-state index contributed by atoms with van der Waals surface area (Å²) in [6, 6.07) is 4.06. The van der Waals surface area contributed by atoms with E-state index >= 15 is 0 Å². The average molecular weight is 360 g/mol. The molecule has 0 bridgehead atoms. The van der Waals surface area contributed by atoms with Gasteiger partial charge in [0.2, 0.25) is 5.88 Å². The van der Waals surface area contributed by atoms with Crippen LogP contribution < -0.4 is 10.1 Å². The quantitative estimate of drug-likeness (QED) is 0.598. The minimum atomic E-state index is 0.724. The van der Waals surface area contributed by atoms with Gasteiger partial charge < -0.3 is 15.0 Å². The van der Waals surface area contributed by atoms with Crippen LogP contribution in [0.25, 0.3) is 0 Å². The van der Waals surface area contributed by atoms with Crippen LogP contribution in [0.3, 0.4) is 0 Å². The molecule has 1 aliphatic carbocycles. The number of hydrogen-bond acceptors (Lipinski definition) is 4. The topological polar surface area (TPSA) is 53.0 Å². The van der Waals surface area contributed by atoms with Gasteiger partial charge in [-0.25, -0.2) is 4.98 Å². The van der Waals surface area contributed by atoms with E-state index in [2.05, 4.69) is 38.9 Å². The van der Waals surface area contributed by atoms with E-state index in [4.69, 9.17) is 4.74 Å². The number of ether oxygens (including phenoxy) is 1. The first-order valence-electron chi connectivity index (χ1n) is 9.89. The highest BCUT2D eigenvalue weighted by molar-refractivity contribution is 5.80. The monoisotopic (exact) mass is 359 g/mol. The Morgan fingerprint density at radius 1 is 1.31 bits per heavy atom. The fourth-order valence-corrected chi connectivity index (χ4v) is 3.30. The molecule has 0 radical (unpaired) electrons. The van der Waals surface area contributed by atoms with E-state index in [1.807, 2.05) is 25.4 Å². The molecule has 2 aliphatic rings. The van der Waals surface area contributed by atoms with E-state index in [9.17, 15) is 0 Å². The third-order valence-corrected chi connectivity index (χ3v) is 4.92. The first-order valence-corrected chi connectivity index (χ1v) is 9.89. The smallest absolute Gasteiger partial charge is 0.213 e. The maximum atomic E-state index is 5.78. The molecule has 1 aliphatic heterocycles. The predicted octanol–water partition coefficient (Wildman–Crippen LogP) is 2.22. The molecule has 6 nitrogen and oxygen atoms in total. The number of aromatic nitrogens is 1. The third kappa shape index (κ3) is 5.87. The SMILES string of the molecule is CN=C(NCc1ccnc(OCC2CC2)c1)N1CCN(CC(C)C)CC1. The van der Waals surface area contributed by atoms with Gasteiger partial charge in [0.1, 0.15) is 0 Å². The molecule has 0 amide bonds. The van der Waals surface area contributed by atoms with Crippen molar-refractivity contribution in [1.82, 2.24) is 20.1 Å². The third-order valence-electron chi connectivity index (χ3n) is 4.92. The van der Waals surface area contributed by atoms with Crippen molar-refractivity contribution in [1.29, 1.82) is 0 Å². The second-order valence-corrected chi connectivity index (χ2v) is 7.84. The van der Waals surface area contributed by atoms with E-state index in [0.717, 1.165) is 63.0 Å². The molecule has 1 aromatic rings. The largest absolute Gasteiger partial charge is 0.477 e. The fraction of sp³-hybridized carbons (Fsp3) is 0.700. The molecule has 0 aromatic carbocycles. The number of aliphatic imine (C=N–C) groups is 1. The lowest BCUT2D eigenvalue weighted by atomic mass is 10.2. The van der Waals surface area contributed by atoms with Gasteiger partial charge in [0.15, 0.2) is 5.96 Å². The van der Waals surface area contributed by atoms with E-state index in [0.29, 0.717) is 0 Å². The molecule has 0 unspecified atom stereocenters. The minimum absolute atomic E-state index is 0.724.